The third-order valence-corrected chi connectivity index (χ3v) is 3.70. The predicted molar refractivity (Wildman–Crippen MR) is 72.7 cm³/mol. The lowest BCUT2D eigenvalue weighted by molar-refractivity contribution is 0.415. The average Bonchev–Trinajstić information content (AvgIpc) is 2.55. The van der Waals surface area contributed by atoms with Crippen molar-refractivity contribution in [3.63, 3.8) is 0 Å². The van der Waals surface area contributed by atoms with Gasteiger partial charge in [-0.15, -0.1) is 0 Å². The zero-order valence-electron chi connectivity index (χ0n) is 10.9. The summed E-state index contributed by atoms with van der Waals surface area (Å²) >= 11 is 0. The summed E-state index contributed by atoms with van der Waals surface area (Å²) < 4.78 is 5.25. The van der Waals surface area contributed by atoms with Gasteiger partial charge in [-0.25, -0.2) is 0 Å². The van der Waals surface area contributed by atoms with E-state index in [1.807, 2.05) is 12.1 Å². The molecule has 1 aromatic carbocycles. The van der Waals surface area contributed by atoms with Crippen molar-refractivity contribution in [1.82, 2.24) is 0 Å². The van der Waals surface area contributed by atoms with Gasteiger partial charge in [0.2, 0.25) is 0 Å². The molecular formula is C15H23NO. The second-order valence-electron chi connectivity index (χ2n) is 5.19. The maximum absolute atomic E-state index is 5.25. The predicted octanol–water partition coefficient (Wildman–Crippen LogP) is 4.08. The van der Waals surface area contributed by atoms with E-state index in [1.165, 1.54) is 37.8 Å². The standard InChI is InChI=1S/C15H23NO/c1-12-5-3-6-13(10-9-12)16-14-7-4-8-15(11-14)17-2/h4,7-8,11-13,16H,3,5-6,9-10H2,1-2H3. The number of ether oxygens (including phenoxy) is 1. The number of anilines is 1. The van der Waals surface area contributed by atoms with Crippen LogP contribution < -0.4 is 10.1 Å². The number of methoxy groups -OCH3 is 1. The van der Waals surface area contributed by atoms with Gasteiger partial charge in [-0.05, 0) is 37.3 Å². The summed E-state index contributed by atoms with van der Waals surface area (Å²) in [5, 5.41) is 3.64. The lowest BCUT2D eigenvalue weighted by Gasteiger charge is -2.18. The van der Waals surface area contributed by atoms with Crippen LogP contribution in [0.1, 0.15) is 39.0 Å². The second kappa shape index (κ2) is 5.95. The maximum atomic E-state index is 5.25. The molecule has 0 radical (unpaired) electrons. The highest BCUT2D eigenvalue weighted by Gasteiger charge is 2.15. The smallest absolute Gasteiger partial charge is 0.120 e. The van der Waals surface area contributed by atoms with Crippen molar-refractivity contribution in [3.05, 3.63) is 24.3 Å². The van der Waals surface area contributed by atoms with E-state index in [-0.39, 0.29) is 0 Å². The van der Waals surface area contributed by atoms with Gasteiger partial charge >= 0.3 is 0 Å². The molecule has 1 saturated carbocycles. The molecule has 1 aliphatic rings. The molecule has 17 heavy (non-hydrogen) atoms. The van der Waals surface area contributed by atoms with Gasteiger partial charge in [0, 0.05) is 17.8 Å². The molecular weight excluding hydrogens is 210 g/mol. The Morgan fingerprint density at radius 1 is 1.18 bits per heavy atom. The van der Waals surface area contributed by atoms with Crippen molar-refractivity contribution < 1.29 is 4.74 Å². The summed E-state index contributed by atoms with van der Waals surface area (Å²) in [7, 11) is 1.71. The molecule has 0 amide bonds. The summed E-state index contributed by atoms with van der Waals surface area (Å²) in [5.41, 5.74) is 1.18. The first-order valence-corrected chi connectivity index (χ1v) is 6.68. The zero-order valence-corrected chi connectivity index (χ0v) is 10.9. The first kappa shape index (κ1) is 12.3. The molecule has 0 spiro atoms. The van der Waals surface area contributed by atoms with Crippen LogP contribution in [-0.4, -0.2) is 13.2 Å². The van der Waals surface area contributed by atoms with E-state index in [0.29, 0.717) is 6.04 Å². The van der Waals surface area contributed by atoms with Crippen LogP contribution in [0.3, 0.4) is 0 Å². The minimum absolute atomic E-state index is 0.632. The molecule has 2 atom stereocenters. The Bertz CT molecular complexity index is 351. The Morgan fingerprint density at radius 2 is 2.06 bits per heavy atom. The third kappa shape index (κ3) is 3.65. The summed E-state index contributed by atoms with van der Waals surface area (Å²) in [6, 6.07) is 8.86. The van der Waals surface area contributed by atoms with Crippen molar-refractivity contribution in [2.24, 2.45) is 5.92 Å². The van der Waals surface area contributed by atoms with E-state index in [1.54, 1.807) is 7.11 Å². The summed E-state index contributed by atoms with van der Waals surface area (Å²) in [4.78, 5) is 0. The molecule has 94 valence electrons. The van der Waals surface area contributed by atoms with Crippen molar-refractivity contribution in [3.8, 4) is 5.75 Å². The van der Waals surface area contributed by atoms with E-state index in [2.05, 4.69) is 24.4 Å². The van der Waals surface area contributed by atoms with Gasteiger partial charge in [-0.3, -0.25) is 0 Å². The van der Waals surface area contributed by atoms with Crippen molar-refractivity contribution >= 4 is 5.69 Å². The molecule has 1 fully saturated rings. The van der Waals surface area contributed by atoms with E-state index >= 15 is 0 Å². The quantitative estimate of drug-likeness (QED) is 0.794. The number of rotatable bonds is 3. The molecule has 2 rings (SSSR count). The molecule has 0 heterocycles. The van der Waals surface area contributed by atoms with E-state index < -0.39 is 0 Å². The summed E-state index contributed by atoms with van der Waals surface area (Å²) in [6.45, 7) is 2.37. The first-order valence-electron chi connectivity index (χ1n) is 6.68. The number of nitrogens with one attached hydrogen (secondary N) is 1. The zero-order chi connectivity index (χ0) is 12.1. The van der Waals surface area contributed by atoms with Gasteiger partial charge < -0.3 is 10.1 Å². The van der Waals surface area contributed by atoms with Gasteiger partial charge in [0.05, 0.1) is 7.11 Å². The van der Waals surface area contributed by atoms with Crippen molar-refractivity contribution in [2.45, 2.75) is 45.1 Å². The highest BCUT2D eigenvalue weighted by atomic mass is 16.5. The topological polar surface area (TPSA) is 21.3 Å². The fraction of sp³-hybridized carbons (Fsp3) is 0.600. The Balaban J connectivity index is 1.94. The molecule has 1 aliphatic carbocycles. The van der Waals surface area contributed by atoms with Crippen molar-refractivity contribution in [2.75, 3.05) is 12.4 Å². The SMILES string of the molecule is COc1cccc(NC2CCCC(C)CC2)c1. The van der Waals surface area contributed by atoms with Crippen LogP contribution in [0.25, 0.3) is 0 Å². The van der Waals surface area contributed by atoms with Crippen LogP contribution in [0, 0.1) is 5.92 Å². The molecule has 0 aromatic heterocycles. The average molecular weight is 233 g/mol. The number of benzene rings is 1. The fourth-order valence-electron chi connectivity index (χ4n) is 2.58. The number of hydrogen-bond acceptors (Lipinski definition) is 2. The van der Waals surface area contributed by atoms with Gasteiger partial charge in [-0.2, -0.15) is 0 Å². The first-order chi connectivity index (χ1) is 8.28. The largest absolute Gasteiger partial charge is 0.497 e. The van der Waals surface area contributed by atoms with Crippen LogP contribution in [0.5, 0.6) is 5.75 Å². The van der Waals surface area contributed by atoms with Crippen LogP contribution in [-0.2, 0) is 0 Å². The van der Waals surface area contributed by atoms with Gasteiger partial charge in [0.1, 0.15) is 5.75 Å². The minimum Gasteiger partial charge on any atom is -0.497 e. The normalized spacial score (nSPS) is 25.1. The molecule has 1 N–H and O–H groups in total. The fourth-order valence-corrected chi connectivity index (χ4v) is 2.58. The second-order valence-corrected chi connectivity index (χ2v) is 5.19. The monoisotopic (exact) mass is 233 g/mol. The molecule has 0 bridgehead atoms. The van der Waals surface area contributed by atoms with Gasteiger partial charge in [0.15, 0.2) is 0 Å². The minimum atomic E-state index is 0.632. The van der Waals surface area contributed by atoms with Crippen LogP contribution in [0.2, 0.25) is 0 Å². The Kier molecular flexibility index (Phi) is 4.29. The Hall–Kier alpha value is -1.18. The molecule has 2 heteroatoms. The van der Waals surface area contributed by atoms with E-state index in [0.717, 1.165) is 11.7 Å². The Morgan fingerprint density at radius 3 is 2.88 bits per heavy atom. The highest BCUT2D eigenvalue weighted by molar-refractivity contribution is 5.48. The highest BCUT2D eigenvalue weighted by Crippen LogP contribution is 2.26. The third-order valence-electron chi connectivity index (χ3n) is 3.70. The molecule has 2 nitrogen and oxygen atoms in total. The van der Waals surface area contributed by atoms with Gasteiger partial charge in [0.25, 0.3) is 0 Å². The molecule has 2 unspecified atom stereocenters. The van der Waals surface area contributed by atoms with Crippen LogP contribution >= 0.6 is 0 Å². The molecule has 0 saturated heterocycles. The lowest BCUT2D eigenvalue weighted by Crippen LogP contribution is -2.18. The summed E-state index contributed by atoms with van der Waals surface area (Å²) in [5.74, 6) is 1.82. The maximum Gasteiger partial charge on any atom is 0.120 e. The molecule has 0 aliphatic heterocycles. The Labute approximate surface area is 104 Å². The van der Waals surface area contributed by atoms with Crippen LogP contribution in [0.4, 0.5) is 5.69 Å². The van der Waals surface area contributed by atoms with E-state index in [9.17, 15) is 0 Å². The molecule has 1 aromatic rings. The van der Waals surface area contributed by atoms with E-state index in [4.69, 9.17) is 4.74 Å². The summed E-state index contributed by atoms with van der Waals surface area (Å²) in [6.07, 6.45) is 6.67. The lowest BCUT2D eigenvalue weighted by atomic mass is 10.0. The van der Waals surface area contributed by atoms with Crippen molar-refractivity contribution in [1.29, 1.82) is 0 Å². The van der Waals surface area contributed by atoms with Crippen LogP contribution in [0.15, 0.2) is 24.3 Å². The van der Waals surface area contributed by atoms with Gasteiger partial charge in [-0.1, -0.05) is 25.8 Å². The number of hydrogen-bond donors (Lipinski definition) is 1.